The fourth-order valence-electron chi connectivity index (χ4n) is 4.79. The number of ether oxygens (including phenoxy) is 1. The van der Waals surface area contributed by atoms with Crippen molar-refractivity contribution >= 4 is 21.8 Å². The number of benzene rings is 4. The second-order valence-electron chi connectivity index (χ2n) is 10.5. The quantitative estimate of drug-likeness (QED) is 0.252. The first-order chi connectivity index (χ1) is 17.9. The summed E-state index contributed by atoms with van der Waals surface area (Å²) >= 11 is 0. The summed E-state index contributed by atoms with van der Waals surface area (Å²) in [6.45, 7) is 6.66. The van der Waals surface area contributed by atoms with Crippen molar-refractivity contribution in [2.75, 3.05) is 0 Å². The maximum absolute atomic E-state index is 6.56. The van der Waals surface area contributed by atoms with Gasteiger partial charge in [-0.05, 0) is 64.9 Å². The lowest BCUT2D eigenvalue weighted by atomic mass is 9.87. The van der Waals surface area contributed by atoms with Gasteiger partial charge in [-0.15, -0.1) is 0 Å². The van der Waals surface area contributed by atoms with Crippen molar-refractivity contribution in [2.24, 2.45) is 7.05 Å². The molecule has 182 valence electrons. The van der Waals surface area contributed by atoms with Gasteiger partial charge in [0, 0.05) is 29.8 Å². The fraction of sp³-hybridized carbons (Fsp3) is 0.152. The van der Waals surface area contributed by atoms with Gasteiger partial charge in [0.05, 0.1) is 16.7 Å². The van der Waals surface area contributed by atoms with Crippen LogP contribution < -0.4 is 4.74 Å². The molecule has 0 fully saturated rings. The first-order valence-electron chi connectivity index (χ1n) is 12.6. The Morgan fingerprint density at radius 3 is 2.41 bits per heavy atom. The zero-order valence-corrected chi connectivity index (χ0v) is 21.6. The number of fused-ring (bicyclic) bond motifs is 2. The Hall–Kier alpha value is -4.44. The second kappa shape index (κ2) is 8.90. The van der Waals surface area contributed by atoms with E-state index < -0.39 is 0 Å². The van der Waals surface area contributed by atoms with Crippen LogP contribution in [0.5, 0.6) is 11.5 Å². The van der Waals surface area contributed by atoms with Gasteiger partial charge in [-0.25, -0.2) is 4.98 Å². The van der Waals surface area contributed by atoms with E-state index in [-0.39, 0.29) is 5.41 Å². The molecule has 0 aliphatic rings. The summed E-state index contributed by atoms with van der Waals surface area (Å²) in [4.78, 5) is 9.56. The van der Waals surface area contributed by atoms with Gasteiger partial charge < -0.3 is 9.30 Å². The molecule has 0 N–H and O–H groups in total. The van der Waals surface area contributed by atoms with Crippen LogP contribution >= 0.6 is 0 Å². The van der Waals surface area contributed by atoms with Gasteiger partial charge in [-0.2, -0.15) is 0 Å². The van der Waals surface area contributed by atoms with Gasteiger partial charge in [0.2, 0.25) is 0 Å². The normalized spacial score (nSPS) is 11.8. The third-order valence-electron chi connectivity index (χ3n) is 6.85. The molecule has 0 spiro atoms. The summed E-state index contributed by atoms with van der Waals surface area (Å²) < 4.78 is 8.69. The van der Waals surface area contributed by atoms with E-state index in [2.05, 4.69) is 86.0 Å². The van der Waals surface area contributed by atoms with E-state index in [0.717, 1.165) is 56.0 Å². The Bertz CT molecular complexity index is 1760. The van der Waals surface area contributed by atoms with Crippen molar-refractivity contribution in [1.29, 1.82) is 0 Å². The molecule has 0 atom stereocenters. The Balaban J connectivity index is 1.42. The summed E-state index contributed by atoms with van der Waals surface area (Å²) in [6.07, 6.45) is 1.89. The molecule has 0 saturated heterocycles. The standard InChI is InChI=1S/C33H29N3O/c1-33(2,3)25-16-17-34-29(21-25)24-18-22-10-5-6-13-27(22)31(20-24)37-26-12-9-11-23(19-26)32-35-28-14-7-8-15-30(28)36(32)4/h5-21H,1-4H3. The molecule has 0 saturated carbocycles. The topological polar surface area (TPSA) is 39.9 Å². The van der Waals surface area contributed by atoms with Crippen molar-refractivity contribution in [3.63, 3.8) is 0 Å². The van der Waals surface area contributed by atoms with E-state index in [0.29, 0.717) is 0 Å². The molecule has 4 nitrogen and oxygen atoms in total. The number of nitrogens with zero attached hydrogens (tertiary/aromatic N) is 3. The van der Waals surface area contributed by atoms with E-state index in [9.17, 15) is 0 Å². The molecule has 37 heavy (non-hydrogen) atoms. The highest BCUT2D eigenvalue weighted by Crippen LogP contribution is 2.37. The van der Waals surface area contributed by atoms with E-state index in [1.54, 1.807) is 0 Å². The highest BCUT2D eigenvalue weighted by atomic mass is 16.5. The summed E-state index contributed by atoms with van der Waals surface area (Å²) in [6, 6.07) is 33.2. The van der Waals surface area contributed by atoms with Crippen LogP contribution in [-0.2, 0) is 12.5 Å². The smallest absolute Gasteiger partial charge is 0.140 e. The van der Waals surface area contributed by atoms with Crippen LogP contribution in [0.2, 0.25) is 0 Å². The van der Waals surface area contributed by atoms with Gasteiger partial charge in [-0.1, -0.05) is 69.3 Å². The third-order valence-corrected chi connectivity index (χ3v) is 6.85. The molecule has 0 aliphatic heterocycles. The minimum absolute atomic E-state index is 0.0457. The summed E-state index contributed by atoms with van der Waals surface area (Å²) in [5.41, 5.74) is 6.37. The lowest BCUT2D eigenvalue weighted by Gasteiger charge is -2.19. The van der Waals surface area contributed by atoms with E-state index in [1.807, 2.05) is 49.6 Å². The number of pyridine rings is 1. The summed E-state index contributed by atoms with van der Waals surface area (Å²) in [5.74, 6) is 2.48. The maximum atomic E-state index is 6.56. The minimum atomic E-state index is 0.0457. The summed E-state index contributed by atoms with van der Waals surface area (Å²) in [7, 11) is 2.05. The average molecular weight is 484 g/mol. The van der Waals surface area contributed by atoms with E-state index in [1.165, 1.54) is 5.56 Å². The molecular weight excluding hydrogens is 454 g/mol. The fourth-order valence-corrected chi connectivity index (χ4v) is 4.79. The van der Waals surface area contributed by atoms with Crippen LogP contribution in [0, 0.1) is 0 Å². The van der Waals surface area contributed by atoms with Crippen LogP contribution in [0.15, 0.2) is 103 Å². The van der Waals surface area contributed by atoms with E-state index in [4.69, 9.17) is 14.7 Å². The Labute approximate surface area is 217 Å². The van der Waals surface area contributed by atoms with Crippen LogP contribution in [0.3, 0.4) is 0 Å². The van der Waals surface area contributed by atoms with Crippen molar-refractivity contribution in [2.45, 2.75) is 26.2 Å². The Morgan fingerprint density at radius 1 is 0.757 bits per heavy atom. The highest BCUT2D eigenvalue weighted by molar-refractivity contribution is 5.92. The molecule has 0 bridgehead atoms. The van der Waals surface area contributed by atoms with Crippen LogP contribution in [0.4, 0.5) is 0 Å². The number of imidazole rings is 1. The van der Waals surface area contributed by atoms with Crippen molar-refractivity contribution in [3.8, 4) is 34.1 Å². The van der Waals surface area contributed by atoms with E-state index >= 15 is 0 Å². The number of hydrogen-bond donors (Lipinski definition) is 0. The minimum Gasteiger partial charge on any atom is -0.457 e. The third kappa shape index (κ3) is 4.36. The Kier molecular flexibility index (Phi) is 5.53. The largest absolute Gasteiger partial charge is 0.457 e. The molecule has 6 aromatic rings. The first-order valence-corrected chi connectivity index (χ1v) is 12.6. The van der Waals surface area contributed by atoms with Gasteiger partial charge >= 0.3 is 0 Å². The zero-order valence-electron chi connectivity index (χ0n) is 21.6. The number of para-hydroxylation sites is 2. The number of hydrogen-bond acceptors (Lipinski definition) is 3. The van der Waals surface area contributed by atoms with Gasteiger partial charge in [0.1, 0.15) is 17.3 Å². The molecule has 0 aliphatic carbocycles. The zero-order chi connectivity index (χ0) is 25.6. The summed E-state index contributed by atoms with van der Waals surface area (Å²) in [5, 5.41) is 2.18. The number of aryl methyl sites for hydroxylation is 1. The van der Waals surface area contributed by atoms with Gasteiger partial charge in [0.15, 0.2) is 0 Å². The van der Waals surface area contributed by atoms with Crippen LogP contribution in [0.1, 0.15) is 26.3 Å². The first kappa shape index (κ1) is 23.0. The van der Waals surface area contributed by atoms with Crippen LogP contribution in [0.25, 0.3) is 44.5 Å². The second-order valence-corrected chi connectivity index (χ2v) is 10.5. The predicted octanol–water partition coefficient (Wildman–Crippen LogP) is 8.55. The molecule has 2 heterocycles. The number of aromatic nitrogens is 3. The molecule has 0 amide bonds. The lowest BCUT2D eigenvalue weighted by Crippen LogP contribution is -2.11. The Morgan fingerprint density at radius 2 is 1.57 bits per heavy atom. The molecule has 0 radical (unpaired) electrons. The van der Waals surface area contributed by atoms with Gasteiger partial charge in [0.25, 0.3) is 0 Å². The lowest BCUT2D eigenvalue weighted by molar-refractivity contribution is 0.488. The van der Waals surface area contributed by atoms with Crippen LogP contribution in [-0.4, -0.2) is 14.5 Å². The highest BCUT2D eigenvalue weighted by Gasteiger charge is 2.16. The molecule has 4 heteroatoms. The van der Waals surface area contributed by atoms with Crippen molar-refractivity contribution in [1.82, 2.24) is 14.5 Å². The van der Waals surface area contributed by atoms with Crippen molar-refractivity contribution < 1.29 is 4.74 Å². The van der Waals surface area contributed by atoms with Crippen molar-refractivity contribution in [3.05, 3.63) is 109 Å². The molecule has 6 rings (SSSR count). The monoisotopic (exact) mass is 483 g/mol. The maximum Gasteiger partial charge on any atom is 0.140 e. The molecule has 2 aromatic heterocycles. The molecule has 0 unspecified atom stereocenters. The average Bonchev–Trinajstić information content (AvgIpc) is 3.25. The molecule has 4 aromatic carbocycles. The SMILES string of the molecule is Cn1c(-c2cccc(Oc3cc(-c4cc(C(C)(C)C)ccn4)cc4ccccc34)c2)nc2ccccc21. The van der Waals surface area contributed by atoms with Gasteiger partial charge in [-0.3, -0.25) is 4.98 Å². The molecular formula is C33H29N3O. The predicted molar refractivity (Wildman–Crippen MR) is 152 cm³/mol. The number of rotatable bonds is 4.